The van der Waals surface area contributed by atoms with Gasteiger partial charge in [0, 0.05) is 43.0 Å². The van der Waals surface area contributed by atoms with Crippen LogP contribution >= 0.6 is 11.6 Å². The van der Waals surface area contributed by atoms with Crippen LogP contribution in [0.2, 0.25) is 5.02 Å². The van der Waals surface area contributed by atoms with Crippen LogP contribution in [0.4, 0.5) is 0 Å². The van der Waals surface area contributed by atoms with Crippen LogP contribution in [0.25, 0.3) is 27.8 Å². The Morgan fingerprint density at radius 1 is 1.00 bits per heavy atom. The maximum Gasteiger partial charge on any atom is 0.298 e. The van der Waals surface area contributed by atoms with E-state index in [1.807, 2.05) is 35.3 Å². The number of hydrogen-bond donors (Lipinski definition) is 0. The molecule has 0 saturated carbocycles. The number of aromatic nitrogens is 5. The summed E-state index contributed by atoms with van der Waals surface area (Å²) >= 11 is 5.98. The van der Waals surface area contributed by atoms with E-state index in [1.54, 1.807) is 21.6 Å². The number of benzene rings is 1. The lowest BCUT2D eigenvalue weighted by Crippen LogP contribution is -2.53. The minimum Gasteiger partial charge on any atom is -0.307 e. The Balaban J connectivity index is 1.62. The molecule has 1 aliphatic heterocycles. The highest BCUT2D eigenvalue weighted by atomic mass is 35.5. The van der Waals surface area contributed by atoms with E-state index in [0.717, 1.165) is 37.3 Å². The Kier molecular flexibility index (Phi) is 4.03. The van der Waals surface area contributed by atoms with Crippen LogP contribution in [0.15, 0.2) is 47.5 Å². The van der Waals surface area contributed by atoms with Gasteiger partial charge in [-0.25, -0.2) is 9.19 Å². The largest absolute Gasteiger partial charge is 0.307 e. The summed E-state index contributed by atoms with van der Waals surface area (Å²) in [7, 11) is 2.08. The molecular formula is C19H18ClN7O. The van der Waals surface area contributed by atoms with Crippen molar-refractivity contribution in [2.24, 2.45) is 0 Å². The molecule has 142 valence electrons. The predicted octanol–water partition coefficient (Wildman–Crippen LogP) is 1.64. The van der Waals surface area contributed by atoms with Crippen molar-refractivity contribution >= 4 is 28.3 Å². The number of halogens is 1. The summed E-state index contributed by atoms with van der Waals surface area (Å²) in [5, 5.41) is 15.7. The minimum absolute atomic E-state index is 0.181. The molecule has 8 nitrogen and oxygen atoms in total. The summed E-state index contributed by atoms with van der Waals surface area (Å²) < 4.78 is 3.31. The first-order valence-electron chi connectivity index (χ1n) is 9.07. The zero-order chi connectivity index (χ0) is 19.3. The van der Waals surface area contributed by atoms with Crippen molar-refractivity contribution in [3.05, 3.63) is 58.1 Å². The fraction of sp³-hybridized carbons (Fsp3) is 0.263. The molecule has 28 heavy (non-hydrogen) atoms. The van der Waals surface area contributed by atoms with Gasteiger partial charge in [0.2, 0.25) is 0 Å². The third kappa shape index (κ3) is 2.73. The minimum atomic E-state index is -0.181. The molecule has 1 aromatic carbocycles. The van der Waals surface area contributed by atoms with Gasteiger partial charge in [-0.1, -0.05) is 23.7 Å². The molecule has 9 heteroatoms. The second kappa shape index (κ2) is 6.57. The number of rotatable bonds is 2. The molecule has 0 radical (unpaired) electrons. The Morgan fingerprint density at radius 2 is 1.75 bits per heavy atom. The molecular weight excluding hydrogens is 378 g/mol. The fourth-order valence-electron chi connectivity index (χ4n) is 3.55. The third-order valence-electron chi connectivity index (χ3n) is 5.18. The van der Waals surface area contributed by atoms with Crippen molar-refractivity contribution in [1.82, 2.24) is 29.4 Å². The van der Waals surface area contributed by atoms with E-state index in [4.69, 9.17) is 11.6 Å². The number of fused-ring (bicyclic) bond motifs is 3. The van der Waals surface area contributed by atoms with Crippen molar-refractivity contribution in [3.8, 4) is 11.1 Å². The van der Waals surface area contributed by atoms with Gasteiger partial charge in [-0.05, 0) is 30.8 Å². The van der Waals surface area contributed by atoms with Crippen LogP contribution in [0.5, 0.6) is 0 Å². The van der Waals surface area contributed by atoms with E-state index in [1.165, 1.54) is 0 Å². The molecule has 1 aliphatic rings. The molecule has 0 N–H and O–H groups in total. The number of piperazine rings is 1. The maximum atomic E-state index is 13.0. The molecule has 1 fully saturated rings. The lowest BCUT2D eigenvalue weighted by atomic mass is 10.1. The van der Waals surface area contributed by atoms with E-state index in [-0.39, 0.29) is 5.56 Å². The smallest absolute Gasteiger partial charge is 0.298 e. The molecule has 0 bridgehead atoms. The zero-order valence-corrected chi connectivity index (χ0v) is 16.0. The second-order valence-corrected chi connectivity index (χ2v) is 7.39. The average molecular weight is 396 g/mol. The summed E-state index contributed by atoms with van der Waals surface area (Å²) in [6.45, 7) is 3.41. The van der Waals surface area contributed by atoms with Gasteiger partial charge in [0.15, 0.2) is 11.2 Å². The molecule has 1 saturated heterocycles. The van der Waals surface area contributed by atoms with Crippen molar-refractivity contribution in [2.75, 3.05) is 38.2 Å². The maximum absolute atomic E-state index is 13.0. The number of pyridine rings is 1. The number of likely N-dealkylation sites (N-methyl/N-ethyl adjacent to an activating group) is 1. The molecule has 0 spiro atoms. The van der Waals surface area contributed by atoms with Crippen molar-refractivity contribution < 1.29 is 0 Å². The highest BCUT2D eigenvalue weighted by Crippen LogP contribution is 2.25. The topological polar surface area (TPSA) is 71.6 Å². The quantitative estimate of drug-likeness (QED) is 0.514. The van der Waals surface area contributed by atoms with E-state index in [9.17, 15) is 4.79 Å². The summed E-state index contributed by atoms with van der Waals surface area (Å²) in [4.78, 5) is 15.3. The van der Waals surface area contributed by atoms with Crippen molar-refractivity contribution in [1.29, 1.82) is 0 Å². The summed E-state index contributed by atoms with van der Waals surface area (Å²) in [6, 6.07) is 9.34. The van der Waals surface area contributed by atoms with Gasteiger partial charge in [-0.15, -0.1) is 10.2 Å². The zero-order valence-electron chi connectivity index (χ0n) is 15.3. The Bertz CT molecular complexity index is 1220. The number of hydrogen-bond acceptors (Lipinski definition) is 6. The van der Waals surface area contributed by atoms with Gasteiger partial charge in [0.25, 0.3) is 5.56 Å². The van der Waals surface area contributed by atoms with Gasteiger partial charge in [0.1, 0.15) is 5.52 Å². The van der Waals surface area contributed by atoms with Gasteiger partial charge in [0.05, 0.1) is 6.20 Å². The highest BCUT2D eigenvalue weighted by Gasteiger charge is 2.18. The normalized spacial score (nSPS) is 15.6. The molecule has 0 unspecified atom stereocenters. The predicted molar refractivity (Wildman–Crippen MR) is 108 cm³/mol. The van der Waals surface area contributed by atoms with Crippen molar-refractivity contribution in [3.63, 3.8) is 0 Å². The molecule has 0 aliphatic carbocycles. The third-order valence-corrected chi connectivity index (χ3v) is 5.44. The number of nitrogens with zero attached hydrogens (tertiary/aromatic N) is 7. The van der Waals surface area contributed by atoms with Gasteiger partial charge < -0.3 is 9.91 Å². The van der Waals surface area contributed by atoms with Gasteiger partial charge in [-0.3, -0.25) is 4.79 Å². The van der Waals surface area contributed by atoms with E-state index in [0.29, 0.717) is 21.7 Å². The molecule has 4 heterocycles. The second-order valence-electron chi connectivity index (χ2n) is 6.96. The van der Waals surface area contributed by atoms with E-state index >= 15 is 0 Å². The monoisotopic (exact) mass is 395 g/mol. The molecule has 0 atom stereocenters. The average Bonchev–Trinajstić information content (AvgIpc) is 3.14. The molecule has 5 rings (SSSR count). The van der Waals surface area contributed by atoms with Crippen LogP contribution in [0, 0.1) is 0 Å². The lowest BCUT2D eigenvalue weighted by Gasteiger charge is -2.34. The van der Waals surface area contributed by atoms with E-state index in [2.05, 4.69) is 27.2 Å². The fourth-order valence-corrected chi connectivity index (χ4v) is 3.68. The highest BCUT2D eigenvalue weighted by molar-refractivity contribution is 6.30. The van der Waals surface area contributed by atoms with Crippen molar-refractivity contribution in [2.45, 2.75) is 0 Å². The summed E-state index contributed by atoms with van der Waals surface area (Å²) in [5.41, 5.74) is 3.15. The SMILES string of the molecule is CN1CCN(n2ccc3c(nnc4c(-c5ccc(Cl)cc5)cnn43)c2=O)CC1. The first-order chi connectivity index (χ1) is 13.6. The van der Waals surface area contributed by atoms with Gasteiger partial charge in [-0.2, -0.15) is 5.10 Å². The Labute approximate surface area is 165 Å². The molecule has 4 aromatic rings. The van der Waals surface area contributed by atoms with Crippen LogP contribution in [0.3, 0.4) is 0 Å². The standard InChI is InChI=1S/C19H18ClN7O/c1-24-8-10-25(11-9-24)26-7-6-16-17(19(26)28)22-23-18-15(12-21-27(16)18)13-2-4-14(20)5-3-13/h2-7,12H,8-11H2,1H3. The lowest BCUT2D eigenvalue weighted by molar-refractivity contribution is 0.286. The summed E-state index contributed by atoms with van der Waals surface area (Å²) in [5.74, 6) is 0. The summed E-state index contributed by atoms with van der Waals surface area (Å²) in [6.07, 6.45) is 3.53. The Morgan fingerprint density at radius 3 is 2.50 bits per heavy atom. The van der Waals surface area contributed by atoms with Gasteiger partial charge >= 0.3 is 0 Å². The van der Waals surface area contributed by atoms with Crippen LogP contribution < -0.4 is 10.6 Å². The first-order valence-corrected chi connectivity index (χ1v) is 9.45. The van der Waals surface area contributed by atoms with Crippen LogP contribution in [-0.2, 0) is 0 Å². The van der Waals surface area contributed by atoms with Crippen LogP contribution in [0.1, 0.15) is 0 Å². The molecule has 3 aromatic heterocycles. The van der Waals surface area contributed by atoms with Crippen LogP contribution in [-0.4, -0.2) is 62.6 Å². The first kappa shape index (κ1) is 17.2. The Hall–Kier alpha value is -2.97. The molecule has 0 amide bonds. The van der Waals surface area contributed by atoms with E-state index < -0.39 is 0 Å².